The van der Waals surface area contributed by atoms with E-state index in [1.165, 1.54) is 0 Å². The van der Waals surface area contributed by atoms with Gasteiger partial charge >= 0.3 is 6.09 Å². The van der Waals surface area contributed by atoms with E-state index >= 15 is 0 Å². The second kappa shape index (κ2) is 8.32. The van der Waals surface area contributed by atoms with Gasteiger partial charge in [0.2, 0.25) is 0 Å². The Kier molecular flexibility index (Phi) is 7.95. The van der Waals surface area contributed by atoms with E-state index in [4.69, 9.17) is 9.84 Å². The van der Waals surface area contributed by atoms with Gasteiger partial charge in [0.1, 0.15) is 5.60 Å². The summed E-state index contributed by atoms with van der Waals surface area (Å²) < 4.78 is 5.09. The fourth-order valence-corrected chi connectivity index (χ4v) is 1.54. The first-order valence-electron chi connectivity index (χ1n) is 6.57. The van der Waals surface area contributed by atoms with Crippen LogP contribution in [0.25, 0.3) is 0 Å². The molecule has 3 N–H and O–H groups in total. The van der Waals surface area contributed by atoms with Crippen molar-refractivity contribution >= 4 is 6.09 Å². The van der Waals surface area contributed by atoms with E-state index in [0.717, 1.165) is 12.8 Å². The molecule has 0 aliphatic rings. The van der Waals surface area contributed by atoms with E-state index in [-0.39, 0.29) is 6.61 Å². The van der Waals surface area contributed by atoms with E-state index in [1.54, 1.807) is 20.8 Å². The quantitative estimate of drug-likeness (QED) is 0.653. The SMILES string of the molecule is CCCC[C@@H](O)C[C@@H](CO)NC(=O)OC(C)(C)C. The Labute approximate surface area is 110 Å². The summed E-state index contributed by atoms with van der Waals surface area (Å²) in [5, 5.41) is 21.4. The first-order chi connectivity index (χ1) is 8.28. The number of ether oxygens (including phenoxy) is 1. The monoisotopic (exact) mass is 261 g/mol. The number of nitrogens with one attached hydrogen (secondary N) is 1. The number of unbranched alkanes of at least 4 members (excludes halogenated alkanes) is 1. The highest BCUT2D eigenvalue weighted by Crippen LogP contribution is 2.09. The molecule has 0 heterocycles. The summed E-state index contributed by atoms with van der Waals surface area (Å²) in [6.07, 6.45) is 1.91. The van der Waals surface area contributed by atoms with Crippen LogP contribution in [0.2, 0.25) is 0 Å². The van der Waals surface area contributed by atoms with Crippen LogP contribution in [0.5, 0.6) is 0 Å². The number of aliphatic hydroxyl groups excluding tert-OH is 2. The van der Waals surface area contributed by atoms with Gasteiger partial charge in [-0.05, 0) is 33.6 Å². The number of rotatable bonds is 7. The zero-order chi connectivity index (χ0) is 14.2. The number of hydrogen-bond donors (Lipinski definition) is 3. The maximum atomic E-state index is 11.5. The molecule has 0 aromatic heterocycles. The van der Waals surface area contributed by atoms with Gasteiger partial charge in [-0.2, -0.15) is 0 Å². The molecule has 0 aliphatic carbocycles. The molecule has 5 nitrogen and oxygen atoms in total. The highest BCUT2D eigenvalue weighted by atomic mass is 16.6. The van der Waals surface area contributed by atoms with E-state index < -0.39 is 23.8 Å². The summed E-state index contributed by atoms with van der Waals surface area (Å²) in [5.74, 6) is 0. The van der Waals surface area contributed by atoms with Gasteiger partial charge in [-0.15, -0.1) is 0 Å². The first kappa shape index (κ1) is 17.2. The maximum absolute atomic E-state index is 11.5. The maximum Gasteiger partial charge on any atom is 0.407 e. The normalized spacial score (nSPS) is 15.0. The Morgan fingerprint density at radius 1 is 1.39 bits per heavy atom. The molecule has 18 heavy (non-hydrogen) atoms. The summed E-state index contributed by atoms with van der Waals surface area (Å²) in [6.45, 7) is 7.17. The summed E-state index contributed by atoms with van der Waals surface area (Å²) in [6, 6.07) is -0.466. The number of alkyl carbamates (subject to hydrolysis) is 1. The minimum Gasteiger partial charge on any atom is -0.444 e. The average Bonchev–Trinajstić information content (AvgIpc) is 2.22. The topological polar surface area (TPSA) is 78.8 Å². The highest BCUT2D eigenvalue weighted by Gasteiger charge is 2.20. The molecular weight excluding hydrogens is 234 g/mol. The van der Waals surface area contributed by atoms with Crippen LogP contribution in [0.1, 0.15) is 53.4 Å². The van der Waals surface area contributed by atoms with Crippen LogP contribution >= 0.6 is 0 Å². The molecule has 0 radical (unpaired) electrons. The lowest BCUT2D eigenvalue weighted by Gasteiger charge is -2.24. The fourth-order valence-electron chi connectivity index (χ4n) is 1.54. The van der Waals surface area contributed by atoms with Crippen LogP contribution in [0.3, 0.4) is 0 Å². The minimum absolute atomic E-state index is 0.206. The van der Waals surface area contributed by atoms with E-state index in [9.17, 15) is 9.90 Å². The number of hydrogen-bond acceptors (Lipinski definition) is 4. The molecule has 0 saturated carbocycles. The Hall–Kier alpha value is -0.810. The van der Waals surface area contributed by atoms with Crippen molar-refractivity contribution in [2.24, 2.45) is 0 Å². The van der Waals surface area contributed by atoms with Crippen LogP contribution in [0.4, 0.5) is 4.79 Å². The van der Waals surface area contributed by atoms with Crippen molar-refractivity contribution in [2.75, 3.05) is 6.61 Å². The lowest BCUT2D eigenvalue weighted by Crippen LogP contribution is -2.42. The molecule has 0 rings (SSSR count). The highest BCUT2D eigenvalue weighted by molar-refractivity contribution is 5.68. The molecular formula is C13H27NO4. The van der Waals surface area contributed by atoms with E-state index in [2.05, 4.69) is 12.2 Å². The molecule has 0 spiro atoms. The minimum atomic E-state index is -0.566. The summed E-state index contributed by atoms with van der Waals surface area (Å²) in [5.41, 5.74) is -0.565. The molecule has 5 heteroatoms. The largest absolute Gasteiger partial charge is 0.444 e. The molecule has 0 aromatic carbocycles. The zero-order valence-corrected chi connectivity index (χ0v) is 11.9. The second-order valence-electron chi connectivity index (χ2n) is 5.56. The van der Waals surface area contributed by atoms with Crippen molar-refractivity contribution in [2.45, 2.75) is 71.1 Å². The van der Waals surface area contributed by atoms with Crippen LogP contribution in [-0.2, 0) is 4.74 Å². The molecule has 1 amide bonds. The van der Waals surface area contributed by atoms with Crippen LogP contribution in [0, 0.1) is 0 Å². The van der Waals surface area contributed by atoms with Gasteiger partial charge in [0.25, 0.3) is 0 Å². The Balaban J connectivity index is 4.06. The molecule has 0 saturated heterocycles. The zero-order valence-electron chi connectivity index (χ0n) is 11.9. The third kappa shape index (κ3) is 9.24. The predicted octanol–water partition coefficient (Wildman–Crippen LogP) is 1.81. The lowest BCUT2D eigenvalue weighted by atomic mass is 10.0. The molecule has 0 fully saturated rings. The third-order valence-corrected chi connectivity index (χ3v) is 2.39. The van der Waals surface area contributed by atoms with Gasteiger partial charge in [0.05, 0.1) is 18.8 Å². The number of carbonyl (C=O) groups is 1. The van der Waals surface area contributed by atoms with E-state index in [1.807, 2.05) is 0 Å². The average molecular weight is 261 g/mol. The van der Waals surface area contributed by atoms with Gasteiger partial charge in [-0.1, -0.05) is 19.8 Å². The number of carbonyl (C=O) groups excluding carboxylic acids is 1. The first-order valence-corrected chi connectivity index (χ1v) is 6.57. The Morgan fingerprint density at radius 3 is 2.44 bits per heavy atom. The van der Waals surface area contributed by atoms with Gasteiger partial charge in [0.15, 0.2) is 0 Å². The standard InChI is InChI=1S/C13H27NO4/c1-5-6-7-11(16)8-10(9-15)14-12(17)18-13(2,3)4/h10-11,15-16H,5-9H2,1-4H3,(H,14,17)/t10-,11+/m0/s1. The van der Waals surface area contributed by atoms with Crippen molar-refractivity contribution in [3.05, 3.63) is 0 Å². The Bertz CT molecular complexity index is 238. The van der Waals surface area contributed by atoms with Crippen molar-refractivity contribution in [1.82, 2.24) is 5.32 Å². The molecule has 0 bridgehead atoms. The molecule has 108 valence electrons. The van der Waals surface area contributed by atoms with Gasteiger partial charge < -0.3 is 20.3 Å². The number of aliphatic hydroxyl groups is 2. The van der Waals surface area contributed by atoms with Crippen molar-refractivity contribution in [3.8, 4) is 0 Å². The fraction of sp³-hybridized carbons (Fsp3) is 0.923. The third-order valence-electron chi connectivity index (χ3n) is 2.39. The summed E-state index contributed by atoms with van der Waals surface area (Å²) in [4.78, 5) is 11.5. The smallest absolute Gasteiger partial charge is 0.407 e. The van der Waals surface area contributed by atoms with Crippen molar-refractivity contribution in [3.63, 3.8) is 0 Å². The van der Waals surface area contributed by atoms with Crippen molar-refractivity contribution in [1.29, 1.82) is 0 Å². The van der Waals surface area contributed by atoms with Gasteiger partial charge in [-0.3, -0.25) is 0 Å². The van der Waals surface area contributed by atoms with Gasteiger partial charge in [0, 0.05) is 0 Å². The summed E-state index contributed by atoms with van der Waals surface area (Å²) >= 11 is 0. The molecule has 0 unspecified atom stereocenters. The van der Waals surface area contributed by atoms with Crippen molar-refractivity contribution < 1.29 is 19.7 Å². The lowest BCUT2D eigenvalue weighted by molar-refractivity contribution is 0.0446. The van der Waals surface area contributed by atoms with Crippen LogP contribution in [0.15, 0.2) is 0 Å². The van der Waals surface area contributed by atoms with Gasteiger partial charge in [-0.25, -0.2) is 4.79 Å². The second-order valence-corrected chi connectivity index (χ2v) is 5.56. The number of amides is 1. The van der Waals surface area contributed by atoms with Crippen LogP contribution < -0.4 is 5.32 Å². The molecule has 0 aliphatic heterocycles. The molecule has 2 atom stereocenters. The molecule has 0 aromatic rings. The Morgan fingerprint density at radius 2 is 2.00 bits per heavy atom. The predicted molar refractivity (Wildman–Crippen MR) is 70.4 cm³/mol. The van der Waals surface area contributed by atoms with E-state index in [0.29, 0.717) is 12.8 Å². The van der Waals surface area contributed by atoms with Crippen LogP contribution in [-0.4, -0.2) is 40.7 Å². The summed E-state index contributed by atoms with van der Waals surface area (Å²) in [7, 11) is 0.